The van der Waals surface area contributed by atoms with E-state index in [9.17, 15) is 20.4 Å². The summed E-state index contributed by atoms with van der Waals surface area (Å²) in [7, 11) is 0. The van der Waals surface area contributed by atoms with Crippen LogP contribution in [-0.4, -0.2) is 44.8 Å². The van der Waals surface area contributed by atoms with E-state index in [2.05, 4.69) is 0 Å². The van der Waals surface area contributed by atoms with Gasteiger partial charge in [0.15, 0.2) is 0 Å². The van der Waals surface area contributed by atoms with E-state index in [1.807, 2.05) is 48.5 Å². The molecule has 4 atom stereocenters. The third-order valence-electron chi connectivity index (χ3n) is 4.11. The van der Waals surface area contributed by atoms with Gasteiger partial charge in [-0.25, -0.2) is 0 Å². The van der Waals surface area contributed by atoms with Gasteiger partial charge >= 0.3 is 0 Å². The van der Waals surface area contributed by atoms with Gasteiger partial charge in [0.1, 0.15) is 0 Å². The molecule has 0 spiro atoms. The fourth-order valence-corrected chi connectivity index (χ4v) is 3.13. The Kier molecular flexibility index (Phi) is 11.0. The Morgan fingerprint density at radius 3 is 0.893 bits per heavy atom. The average Bonchev–Trinajstić information content (AvgIpc) is 2.53. The average molecular weight is 389 g/mol. The van der Waals surface area contributed by atoms with Crippen molar-refractivity contribution in [3.05, 3.63) is 70.8 Å². The molecule has 4 nitrogen and oxygen atoms in total. The fourth-order valence-electron chi connectivity index (χ4n) is 3.13. The van der Waals surface area contributed by atoms with Crippen LogP contribution in [-0.2, 0) is 25.7 Å². The fraction of sp³-hybridized carbons (Fsp3) is 0.500. The van der Waals surface area contributed by atoms with Crippen LogP contribution in [0.15, 0.2) is 48.5 Å². The van der Waals surface area contributed by atoms with Gasteiger partial charge in [-0.15, -0.1) is 0 Å². The Hall–Kier alpha value is -1.72. The van der Waals surface area contributed by atoms with Crippen molar-refractivity contribution in [3.8, 4) is 0 Å². The summed E-state index contributed by atoms with van der Waals surface area (Å²) in [6.45, 7) is 7.12. The molecule has 2 aromatic carbocycles. The lowest BCUT2D eigenvalue weighted by molar-refractivity contribution is 0.193. The smallest absolute Gasteiger partial charge is 0.0552 e. The summed E-state index contributed by atoms with van der Waals surface area (Å²) < 4.78 is 0. The van der Waals surface area contributed by atoms with E-state index in [0.717, 1.165) is 22.3 Å². The summed E-state index contributed by atoms with van der Waals surface area (Å²) >= 11 is 0. The van der Waals surface area contributed by atoms with Crippen LogP contribution in [0.25, 0.3) is 0 Å². The van der Waals surface area contributed by atoms with E-state index < -0.39 is 0 Å². The standard InChI is InChI=1S/2C12H18O2/c2*1-9(13)6-11-4-3-5-12(8-11)7-10(2)14/h2*3-5,8-10,13-14H,6-7H2,1-2H3. The maximum Gasteiger partial charge on any atom is 0.0552 e. The lowest BCUT2D eigenvalue weighted by Gasteiger charge is -2.08. The summed E-state index contributed by atoms with van der Waals surface area (Å²) in [4.78, 5) is 0. The number of hydrogen-bond acceptors (Lipinski definition) is 4. The normalized spacial score (nSPS) is 15.1. The van der Waals surface area contributed by atoms with E-state index in [1.165, 1.54) is 0 Å². The zero-order chi connectivity index (χ0) is 21.1. The molecule has 0 saturated carbocycles. The lowest BCUT2D eigenvalue weighted by atomic mass is 10.0. The van der Waals surface area contributed by atoms with Crippen LogP contribution >= 0.6 is 0 Å². The van der Waals surface area contributed by atoms with Crippen molar-refractivity contribution in [1.82, 2.24) is 0 Å². The highest BCUT2D eigenvalue weighted by Crippen LogP contribution is 2.10. The Morgan fingerprint density at radius 1 is 0.500 bits per heavy atom. The predicted molar refractivity (Wildman–Crippen MR) is 114 cm³/mol. The van der Waals surface area contributed by atoms with Gasteiger partial charge < -0.3 is 20.4 Å². The maximum atomic E-state index is 9.23. The van der Waals surface area contributed by atoms with Crippen molar-refractivity contribution in [2.45, 2.75) is 77.8 Å². The van der Waals surface area contributed by atoms with E-state index >= 15 is 0 Å². The number of rotatable bonds is 8. The highest BCUT2D eigenvalue weighted by molar-refractivity contribution is 5.25. The minimum atomic E-state index is -0.309. The summed E-state index contributed by atoms with van der Waals surface area (Å²) in [6.07, 6.45) is 1.46. The van der Waals surface area contributed by atoms with E-state index in [4.69, 9.17) is 0 Å². The van der Waals surface area contributed by atoms with Crippen LogP contribution in [0.2, 0.25) is 0 Å². The van der Waals surface area contributed by atoms with Crippen LogP contribution in [0.1, 0.15) is 49.9 Å². The van der Waals surface area contributed by atoms with Gasteiger partial charge in [0.2, 0.25) is 0 Å². The largest absolute Gasteiger partial charge is 0.393 e. The van der Waals surface area contributed by atoms with Crippen LogP contribution < -0.4 is 0 Å². The molecule has 4 heteroatoms. The highest BCUT2D eigenvalue weighted by atomic mass is 16.3. The van der Waals surface area contributed by atoms with Crippen molar-refractivity contribution >= 4 is 0 Å². The third-order valence-corrected chi connectivity index (χ3v) is 4.11. The SMILES string of the molecule is CC(O)Cc1cccc(CC(C)O)c1.CC(O)Cc1cccc(CC(C)O)c1. The summed E-state index contributed by atoms with van der Waals surface area (Å²) in [5.74, 6) is 0. The van der Waals surface area contributed by atoms with Gasteiger partial charge in [0.05, 0.1) is 24.4 Å². The molecule has 4 unspecified atom stereocenters. The molecule has 0 bridgehead atoms. The molecule has 2 aromatic rings. The molecule has 0 aliphatic carbocycles. The van der Waals surface area contributed by atoms with Gasteiger partial charge in [-0.05, 0) is 75.6 Å². The number of benzene rings is 2. The van der Waals surface area contributed by atoms with Gasteiger partial charge in [-0.2, -0.15) is 0 Å². The van der Waals surface area contributed by atoms with Crippen molar-refractivity contribution in [3.63, 3.8) is 0 Å². The van der Waals surface area contributed by atoms with E-state index in [0.29, 0.717) is 25.7 Å². The van der Waals surface area contributed by atoms with Crippen LogP contribution in [0.4, 0.5) is 0 Å². The molecule has 156 valence electrons. The molecular formula is C24H36O4. The Bertz CT molecular complexity index is 568. The van der Waals surface area contributed by atoms with Crippen LogP contribution in [0, 0.1) is 0 Å². The number of aliphatic hydroxyl groups excluding tert-OH is 4. The second-order valence-electron chi connectivity index (χ2n) is 7.85. The van der Waals surface area contributed by atoms with Gasteiger partial charge in [0, 0.05) is 0 Å². The van der Waals surface area contributed by atoms with Crippen molar-refractivity contribution in [1.29, 1.82) is 0 Å². The van der Waals surface area contributed by atoms with Crippen molar-refractivity contribution in [2.24, 2.45) is 0 Å². The first kappa shape index (κ1) is 24.3. The highest BCUT2D eigenvalue weighted by Gasteiger charge is 2.03. The van der Waals surface area contributed by atoms with Crippen LogP contribution in [0.5, 0.6) is 0 Å². The van der Waals surface area contributed by atoms with Crippen LogP contribution in [0.3, 0.4) is 0 Å². The number of hydrogen-bond donors (Lipinski definition) is 4. The van der Waals surface area contributed by atoms with E-state index in [-0.39, 0.29) is 24.4 Å². The lowest BCUT2D eigenvalue weighted by Crippen LogP contribution is -2.07. The third kappa shape index (κ3) is 11.2. The minimum absolute atomic E-state index is 0.309. The topological polar surface area (TPSA) is 80.9 Å². The Morgan fingerprint density at radius 2 is 0.714 bits per heavy atom. The maximum absolute atomic E-state index is 9.23. The molecule has 0 saturated heterocycles. The molecule has 2 rings (SSSR count). The van der Waals surface area contributed by atoms with E-state index in [1.54, 1.807) is 27.7 Å². The van der Waals surface area contributed by atoms with Crippen molar-refractivity contribution in [2.75, 3.05) is 0 Å². The molecule has 28 heavy (non-hydrogen) atoms. The molecule has 0 aliphatic heterocycles. The summed E-state index contributed by atoms with van der Waals surface area (Å²) in [5, 5.41) is 36.9. The molecule has 0 heterocycles. The monoisotopic (exact) mass is 388 g/mol. The summed E-state index contributed by atoms with van der Waals surface area (Å²) in [5.41, 5.74) is 4.49. The second kappa shape index (κ2) is 12.7. The molecule has 0 radical (unpaired) electrons. The molecule has 0 fully saturated rings. The zero-order valence-electron chi connectivity index (χ0n) is 17.5. The van der Waals surface area contributed by atoms with Gasteiger partial charge in [-0.3, -0.25) is 0 Å². The molecular weight excluding hydrogens is 352 g/mol. The summed E-state index contributed by atoms with van der Waals surface area (Å²) in [6, 6.07) is 16.0. The minimum Gasteiger partial charge on any atom is -0.393 e. The second-order valence-corrected chi connectivity index (χ2v) is 7.85. The van der Waals surface area contributed by atoms with Gasteiger partial charge in [-0.1, -0.05) is 48.5 Å². The predicted octanol–water partition coefficient (Wildman–Crippen LogP) is 3.07. The first-order valence-corrected chi connectivity index (χ1v) is 10.0. The first-order chi connectivity index (χ1) is 13.2. The molecule has 4 N–H and O–H groups in total. The van der Waals surface area contributed by atoms with Gasteiger partial charge in [0.25, 0.3) is 0 Å². The Balaban J connectivity index is 0.000000280. The number of aliphatic hydroxyl groups is 4. The molecule has 0 aromatic heterocycles. The zero-order valence-corrected chi connectivity index (χ0v) is 17.5. The molecule has 0 amide bonds. The van der Waals surface area contributed by atoms with Crippen molar-refractivity contribution < 1.29 is 20.4 Å². The molecule has 0 aliphatic rings. The first-order valence-electron chi connectivity index (χ1n) is 10.0. The quantitative estimate of drug-likeness (QED) is 0.560. The Labute approximate surface area is 169 Å².